The molecule has 3 aromatic heterocycles. The molecule has 5 rings (SSSR count). The zero-order valence-electron chi connectivity index (χ0n) is 16.2. The third kappa shape index (κ3) is 2.85. The average molecular weight is 405 g/mol. The number of hydrogen-bond donors (Lipinski definition) is 3. The normalized spacial score (nSPS) is 14.4. The van der Waals surface area contributed by atoms with Gasteiger partial charge in [0.2, 0.25) is 5.95 Å². The molecule has 0 atom stereocenters. The molecule has 0 bridgehead atoms. The van der Waals surface area contributed by atoms with Gasteiger partial charge in [-0.25, -0.2) is 15.0 Å². The first-order chi connectivity index (χ1) is 13.8. The minimum atomic E-state index is -0.313. The number of amides is 1. The topological polar surface area (TPSA) is 122 Å². The van der Waals surface area contributed by atoms with Crippen molar-refractivity contribution in [2.24, 2.45) is 0 Å². The minimum Gasteiger partial charge on any atom is -0.368 e. The summed E-state index contributed by atoms with van der Waals surface area (Å²) in [6.07, 6.45) is 2.43. The summed E-state index contributed by atoms with van der Waals surface area (Å²) in [7, 11) is 0. The Hall–Kier alpha value is -3.33. The van der Waals surface area contributed by atoms with Gasteiger partial charge in [0.1, 0.15) is 11.4 Å². The molecule has 3 heterocycles. The van der Waals surface area contributed by atoms with Crippen molar-refractivity contribution in [3.63, 3.8) is 0 Å². The van der Waals surface area contributed by atoms with Gasteiger partial charge >= 0.3 is 0 Å². The van der Waals surface area contributed by atoms with Crippen LogP contribution in [0, 0.1) is 6.92 Å². The summed E-state index contributed by atoms with van der Waals surface area (Å²) < 4.78 is 1.04. The first-order valence-electron chi connectivity index (χ1n) is 9.21. The fourth-order valence-corrected chi connectivity index (χ4v) is 4.86. The number of benzene rings is 1. The molecule has 0 fully saturated rings. The molecule has 0 saturated heterocycles. The molecule has 1 aliphatic carbocycles. The number of anilines is 2. The number of nitrogen functional groups attached to an aromatic ring is 1. The molecule has 1 aromatic carbocycles. The van der Waals surface area contributed by atoms with Crippen LogP contribution in [0.15, 0.2) is 24.4 Å². The highest BCUT2D eigenvalue weighted by Crippen LogP contribution is 2.42. The van der Waals surface area contributed by atoms with Crippen LogP contribution in [0.2, 0.25) is 0 Å². The van der Waals surface area contributed by atoms with E-state index < -0.39 is 0 Å². The number of H-pyrrole nitrogens is 1. The Bertz CT molecular complexity index is 1290. The van der Waals surface area contributed by atoms with Crippen molar-refractivity contribution in [2.45, 2.75) is 32.6 Å². The fourth-order valence-electron chi connectivity index (χ4n) is 3.90. The summed E-state index contributed by atoms with van der Waals surface area (Å²) in [5, 5.41) is 10.8. The van der Waals surface area contributed by atoms with Gasteiger partial charge in [-0.1, -0.05) is 31.3 Å². The summed E-state index contributed by atoms with van der Waals surface area (Å²) in [5.74, 6) is -0.0822. The largest absolute Gasteiger partial charge is 0.368 e. The Balaban J connectivity index is 1.54. The number of carbonyl (C=O) groups is 1. The number of nitrogens with one attached hydrogen (secondary N) is 2. The van der Waals surface area contributed by atoms with Crippen LogP contribution in [-0.4, -0.2) is 31.1 Å². The van der Waals surface area contributed by atoms with E-state index in [4.69, 9.17) is 5.73 Å². The van der Waals surface area contributed by atoms with Crippen molar-refractivity contribution < 1.29 is 4.79 Å². The third-order valence-corrected chi connectivity index (χ3v) is 6.11. The number of hydrogen-bond acceptors (Lipinski definition) is 7. The van der Waals surface area contributed by atoms with Crippen molar-refractivity contribution in [1.29, 1.82) is 0 Å². The fraction of sp³-hybridized carbons (Fsp3) is 0.250. The molecule has 146 valence electrons. The number of thiazole rings is 1. The number of carbonyl (C=O) groups excluding carboxylic acids is 1. The van der Waals surface area contributed by atoms with Gasteiger partial charge in [-0.15, -0.1) is 0 Å². The summed E-state index contributed by atoms with van der Waals surface area (Å²) in [5.41, 5.74) is 11.0. The van der Waals surface area contributed by atoms with Gasteiger partial charge in [0, 0.05) is 11.8 Å². The van der Waals surface area contributed by atoms with E-state index in [0.717, 1.165) is 26.9 Å². The first kappa shape index (κ1) is 17.7. The second-order valence-corrected chi connectivity index (χ2v) is 8.96. The van der Waals surface area contributed by atoms with E-state index in [0.29, 0.717) is 28.6 Å². The lowest BCUT2D eigenvalue weighted by Crippen LogP contribution is -2.29. The van der Waals surface area contributed by atoms with Crippen molar-refractivity contribution in [1.82, 2.24) is 25.1 Å². The van der Waals surface area contributed by atoms with Crippen LogP contribution in [0.4, 0.5) is 11.1 Å². The van der Waals surface area contributed by atoms with Gasteiger partial charge in [0.05, 0.1) is 15.9 Å². The molecule has 0 radical (unpaired) electrons. The Morgan fingerprint density at radius 2 is 2.10 bits per heavy atom. The van der Waals surface area contributed by atoms with E-state index in [1.165, 1.54) is 11.3 Å². The quantitative estimate of drug-likeness (QED) is 0.469. The first-order valence-corrected chi connectivity index (χ1v) is 10.0. The van der Waals surface area contributed by atoms with E-state index in [1.54, 1.807) is 6.20 Å². The van der Waals surface area contributed by atoms with Gasteiger partial charge in [-0.3, -0.25) is 15.2 Å². The highest BCUT2D eigenvalue weighted by molar-refractivity contribution is 7.22. The lowest BCUT2D eigenvalue weighted by molar-refractivity contribution is 0.102. The average Bonchev–Trinajstić information content (AvgIpc) is 3.26. The lowest BCUT2D eigenvalue weighted by Gasteiger charge is -2.30. The van der Waals surface area contributed by atoms with Crippen LogP contribution in [-0.2, 0) is 11.8 Å². The number of aromatic nitrogens is 5. The van der Waals surface area contributed by atoms with Gasteiger partial charge in [-0.2, -0.15) is 5.10 Å². The highest BCUT2D eigenvalue weighted by Gasteiger charge is 2.38. The molecule has 29 heavy (non-hydrogen) atoms. The molecule has 4 N–H and O–H groups in total. The molecule has 1 amide bonds. The Labute approximate surface area is 170 Å². The predicted molar refractivity (Wildman–Crippen MR) is 113 cm³/mol. The smallest absolute Gasteiger partial charge is 0.275 e. The maximum atomic E-state index is 13.1. The summed E-state index contributed by atoms with van der Waals surface area (Å²) >= 11 is 1.45. The van der Waals surface area contributed by atoms with E-state index >= 15 is 0 Å². The number of fused-ring (bicyclic) bond motifs is 4. The molecule has 8 nitrogen and oxygen atoms in total. The molecular formula is C20H19N7OS. The predicted octanol–water partition coefficient (Wildman–Crippen LogP) is 3.45. The maximum absolute atomic E-state index is 13.1. The van der Waals surface area contributed by atoms with Crippen LogP contribution in [0.1, 0.15) is 41.0 Å². The highest BCUT2D eigenvalue weighted by atomic mass is 32.1. The van der Waals surface area contributed by atoms with Gasteiger partial charge < -0.3 is 5.73 Å². The number of rotatable bonds is 2. The zero-order chi connectivity index (χ0) is 20.3. The van der Waals surface area contributed by atoms with E-state index in [-0.39, 0.29) is 17.3 Å². The number of aryl methyl sites for hydroxylation is 1. The summed E-state index contributed by atoms with van der Waals surface area (Å²) in [4.78, 5) is 26.1. The van der Waals surface area contributed by atoms with Crippen LogP contribution in [0.5, 0.6) is 0 Å². The molecule has 4 aromatic rings. The maximum Gasteiger partial charge on any atom is 0.275 e. The van der Waals surface area contributed by atoms with Gasteiger partial charge in [0.25, 0.3) is 5.91 Å². The van der Waals surface area contributed by atoms with E-state index in [1.807, 2.05) is 19.1 Å². The lowest BCUT2D eigenvalue weighted by atomic mass is 9.73. The second-order valence-electron chi connectivity index (χ2n) is 7.93. The van der Waals surface area contributed by atoms with Crippen LogP contribution >= 0.6 is 11.3 Å². The summed E-state index contributed by atoms with van der Waals surface area (Å²) in [6.45, 7) is 6.19. The number of nitrogens with zero attached hydrogens (tertiary/aromatic N) is 4. The number of aromatic amines is 1. The molecule has 0 aliphatic heterocycles. The van der Waals surface area contributed by atoms with E-state index in [2.05, 4.69) is 50.4 Å². The summed E-state index contributed by atoms with van der Waals surface area (Å²) in [6, 6.07) is 6.02. The molecular weight excluding hydrogens is 386 g/mol. The Kier molecular flexibility index (Phi) is 3.72. The van der Waals surface area contributed by atoms with Crippen molar-refractivity contribution in [3.05, 3.63) is 46.8 Å². The standard InChI is InChI=1S/C20H19N7OS/c1-9-4-5-11-12(6-9)29-19(23-11)25-17(28)16-13-15(26-27-16)14-10(7-20(13,2)3)8-22-18(21)24-14/h4-6,8H,7H2,1-3H3,(H,26,27)(H2,21,22,24)(H,23,25,28). The van der Waals surface area contributed by atoms with E-state index in [9.17, 15) is 4.79 Å². The molecule has 1 aliphatic rings. The third-order valence-electron chi connectivity index (χ3n) is 5.17. The second kappa shape index (κ2) is 6.08. The van der Waals surface area contributed by atoms with Crippen molar-refractivity contribution in [3.8, 4) is 11.4 Å². The van der Waals surface area contributed by atoms with Crippen LogP contribution in [0.3, 0.4) is 0 Å². The minimum absolute atomic E-state index is 0.188. The SMILES string of the molecule is Cc1ccc2nc(NC(=O)c3[nH]nc4c3C(C)(C)Cc3cnc(N)nc3-4)sc2c1. The Morgan fingerprint density at radius 1 is 1.28 bits per heavy atom. The molecule has 0 spiro atoms. The van der Waals surface area contributed by atoms with Gasteiger partial charge in [0.15, 0.2) is 5.13 Å². The van der Waals surface area contributed by atoms with Gasteiger partial charge in [-0.05, 0) is 42.0 Å². The molecule has 9 heteroatoms. The zero-order valence-corrected chi connectivity index (χ0v) is 17.0. The number of nitrogens with two attached hydrogens (primary N) is 1. The Morgan fingerprint density at radius 3 is 2.93 bits per heavy atom. The monoisotopic (exact) mass is 405 g/mol. The van der Waals surface area contributed by atoms with Crippen molar-refractivity contribution >= 4 is 38.5 Å². The van der Waals surface area contributed by atoms with Crippen LogP contribution in [0.25, 0.3) is 21.6 Å². The molecule has 0 unspecified atom stereocenters. The molecule has 0 saturated carbocycles. The van der Waals surface area contributed by atoms with Crippen molar-refractivity contribution in [2.75, 3.05) is 11.1 Å². The van der Waals surface area contributed by atoms with Crippen LogP contribution < -0.4 is 11.1 Å².